The van der Waals surface area contributed by atoms with Crippen LogP contribution in [0, 0.1) is 0 Å². The highest BCUT2D eigenvalue weighted by Crippen LogP contribution is 2.10. The van der Waals surface area contributed by atoms with Crippen molar-refractivity contribution in [3.05, 3.63) is 46.3 Å². The SMILES string of the molecule is CC(C)N=Cc1cc(=O)c2ccccc2o1. The highest BCUT2D eigenvalue weighted by atomic mass is 16.3. The van der Waals surface area contributed by atoms with Crippen LogP contribution in [0.4, 0.5) is 0 Å². The molecule has 0 radical (unpaired) electrons. The normalized spacial score (nSPS) is 11.7. The third-order valence-electron chi connectivity index (χ3n) is 2.15. The summed E-state index contributed by atoms with van der Waals surface area (Å²) in [7, 11) is 0. The lowest BCUT2D eigenvalue weighted by Crippen LogP contribution is -2.02. The van der Waals surface area contributed by atoms with Gasteiger partial charge in [-0.3, -0.25) is 9.79 Å². The zero-order valence-corrected chi connectivity index (χ0v) is 9.31. The molecule has 3 heteroatoms. The molecule has 0 aliphatic rings. The van der Waals surface area contributed by atoms with Crippen LogP contribution in [0.15, 0.2) is 44.5 Å². The molecule has 0 N–H and O–H groups in total. The number of hydrogen-bond donors (Lipinski definition) is 0. The van der Waals surface area contributed by atoms with Gasteiger partial charge in [0.2, 0.25) is 0 Å². The number of aliphatic imine (C=N–C) groups is 1. The number of nitrogens with zero attached hydrogens (tertiary/aromatic N) is 1. The van der Waals surface area contributed by atoms with E-state index in [0.29, 0.717) is 16.7 Å². The first-order chi connectivity index (χ1) is 7.66. The smallest absolute Gasteiger partial charge is 0.193 e. The second-order valence-corrected chi connectivity index (χ2v) is 3.88. The van der Waals surface area contributed by atoms with Crippen LogP contribution in [-0.4, -0.2) is 12.3 Å². The first-order valence-electron chi connectivity index (χ1n) is 5.23. The summed E-state index contributed by atoms with van der Waals surface area (Å²) in [6.45, 7) is 3.94. The maximum atomic E-state index is 11.7. The van der Waals surface area contributed by atoms with E-state index in [4.69, 9.17) is 4.42 Å². The van der Waals surface area contributed by atoms with E-state index in [9.17, 15) is 4.79 Å². The van der Waals surface area contributed by atoms with Gasteiger partial charge in [0.1, 0.15) is 11.3 Å². The zero-order chi connectivity index (χ0) is 11.5. The van der Waals surface area contributed by atoms with Crippen molar-refractivity contribution in [2.45, 2.75) is 19.9 Å². The molecule has 0 amide bonds. The largest absolute Gasteiger partial charge is 0.455 e. The number of para-hydroxylation sites is 1. The Kier molecular flexibility index (Phi) is 2.86. The van der Waals surface area contributed by atoms with Gasteiger partial charge in [0, 0.05) is 12.1 Å². The molecule has 0 saturated heterocycles. The van der Waals surface area contributed by atoms with E-state index < -0.39 is 0 Å². The molecule has 2 rings (SSSR count). The van der Waals surface area contributed by atoms with Crippen LogP contribution in [0.1, 0.15) is 19.6 Å². The van der Waals surface area contributed by atoms with Crippen LogP contribution >= 0.6 is 0 Å². The van der Waals surface area contributed by atoms with E-state index in [2.05, 4.69) is 4.99 Å². The van der Waals surface area contributed by atoms with Crippen molar-refractivity contribution in [1.82, 2.24) is 0 Å². The second-order valence-electron chi connectivity index (χ2n) is 3.88. The van der Waals surface area contributed by atoms with Gasteiger partial charge in [0.05, 0.1) is 11.6 Å². The molecule has 2 aromatic rings. The molecule has 0 bridgehead atoms. The van der Waals surface area contributed by atoms with Crippen molar-refractivity contribution in [3.8, 4) is 0 Å². The van der Waals surface area contributed by atoms with Gasteiger partial charge in [-0.15, -0.1) is 0 Å². The molecule has 0 aliphatic heterocycles. The Hall–Kier alpha value is -1.90. The summed E-state index contributed by atoms with van der Waals surface area (Å²) in [6, 6.07) is 8.86. The Morgan fingerprint density at radius 3 is 2.81 bits per heavy atom. The monoisotopic (exact) mass is 215 g/mol. The zero-order valence-electron chi connectivity index (χ0n) is 9.31. The van der Waals surface area contributed by atoms with Crippen molar-refractivity contribution < 1.29 is 4.42 Å². The summed E-state index contributed by atoms with van der Waals surface area (Å²) in [5, 5.41) is 0.601. The summed E-state index contributed by atoms with van der Waals surface area (Å²) >= 11 is 0. The molecule has 1 heterocycles. The molecular weight excluding hydrogens is 202 g/mol. The molecule has 0 saturated carbocycles. The van der Waals surface area contributed by atoms with Gasteiger partial charge in [-0.05, 0) is 26.0 Å². The summed E-state index contributed by atoms with van der Waals surface area (Å²) in [6.07, 6.45) is 1.60. The highest BCUT2D eigenvalue weighted by molar-refractivity contribution is 5.82. The minimum atomic E-state index is -0.0351. The lowest BCUT2D eigenvalue weighted by Gasteiger charge is -1.98. The van der Waals surface area contributed by atoms with E-state index in [1.54, 1.807) is 18.3 Å². The molecule has 1 aromatic heterocycles. The van der Waals surface area contributed by atoms with Gasteiger partial charge in [0.25, 0.3) is 0 Å². The van der Waals surface area contributed by atoms with E-state index in [-0.39, 0.29) is 11.5 Å². The van der Waals surface area contributed by atoms with Crippen molar-refractivity contribution in [2.75, 3.05) is 0 Å². The Bertz CT molecular complexity index is 582. The maximum absolute atomic E-state index is 11.7. The number of benzene rings is 1. The number of rotatable bonds is 2. The van der Waals surface area contributed by atoms with Crippen molar-refractivity contribution in [1.29, 1.82) is 0 Å². The standard InChI is InChI=1S/C13H13NO2/c1-9(2)14-8-10-7-12(15)11-5-3-4-6-13(11)16-10/h3-9H,1-2H3. The lowest BCUT2D eigenvalue weighted by atomic mass is 10.2. The molecule has 82 valence electrons. The fraction of sp³-hybridized carbons (Fsp3) is 0.231. The fourth-order valence-electron chi connectivity index (χ4n) is 1.41. The Morgan fingerprint density at radius 2 is 2.06 bits per heavy atom. The third kappa shape index (κ3) is 2.19. The Labute approximate surface area is 93.4 Å². The van der Waals surface area contributed by atoms with Crippen molar-refractivity contribution in [2.24, 2.45) is 4.99 Å². The number of hydrogen-bond acceptors (Lipinski definition) is 3. The minimum Gasteiger partial charge on any atom is -0.455 e. The molecule has 0 fully saturated rings. The van der Waals surface area contributed by atoms with Gasteiger partial charge < -0.3 is 4.42 Å². The van der Waals surface area contributed by atoms with E-state index >= 15 is 0 Å². The number of fused-ring (bicyclic) bond motifs is 1. The first-order valence-corrected chi connectivity index (χ1v) is 5.23. The molecule has 1 aromatic carbocycles. The van der Waals surface area contributed by atoms with Crippen molar-refractivity contribution in [3.63, 3.8) is 0 Å². The third-order valence-corrected chi connectivity index (χ3v) is 2.15. The van der Waals surface area contributed by atoms with Gasteiger partial charge in [0.15, 0.2) is 5.43 Å². The Morgan fingerprint density at radius 1 is 1.31 bits per heavy atom. The van der Waals surface area contributed by atoms with Crippen LogP contribution in [-0.2, 0) is 0 Å². The first kappa shape index (κ1) is 10.6. The molecule has 0 spiro atoms. The van der Waals surface area contributed by atoms with E-state index in [1.165, 1.54) is 6.07 Å². The molecular formula is C13H13NO2. The van der Waals surface area contributed by atoms with Crippen LogP contribution in [0.5, 0.6) is 0 Å². The Balaban J connectivity index is 2.54. The predicted molar refractivity (Wildman–Crippen MR) is 65.2 cm³/mol. The van der Waals surface area contributed by atoms with Crippen LogP contribution in [0.25, 0.3) is 11.0 Å². The van der Waals surface area contributed by atoms with Crippen molar-refractivity contribution >= 4 is 17.2 Å². The van der Waals surface area contributed by atoms with Crippen LogP contribution in [0.2, 0.25) is 0 Å². The molecule has 0 unspecified atom stereocenters. The van der Waals surface area contributed by atoms with Crippen LogP contribution < -0.4 is 5.43 Å². The summed E-state index contributed by atoms with van der Waals surface area (Å²) in [4.78, 5) is 15.9. The second kappa shape index (κ2) is 4.31. The summed E-state index contributed by atoms with van der Waals surface area (Å²) < 4.78 is 5.54. The fourth-order valence-corrected chi connectivity index (χ4v) is 1.41. The van der Waals surface area contributed by atoms with Gasteiger partial charge in [-0.2, -0.15) is 0 Å². The highest BCUT2D eigenvalue weighted by Gasteiger charge is 2.01. The van der Waals surface area contributed by atoms with Gasteiger partial charge >= 0.3 is 0 Å². The lowest BCUT2D eigenvalue weighted by molar-refractivity contribution is 0.593. The maximum Gasteiger partial charge on any atom is 0.193 e. The van der Waals surface area contributed by atoms with Crippen LogP contribution in [0.3, 0.4) is 0 Å². The molecule has 16 heavy (non-hydrogen) atoms. The molecule has 3 nitrogen and oxygen atoms in total. The summed E-state index contributed by atoms with van der Waals surface area (Å²) in [5.74, 6) is 0.498. The minimum absolute atomic E-state index is 0.0351. The topological polar surface area (TPSA) is 42.6 Å². The van der Waals surface area contributed by atoms with E-state index in [1.807, 2.05) is 26.0 Å². The quantitative estimate of drug-likeness (QED) is 0.723. The average Bonchev–Trinajstić information content (AvgIpc) is 2.26. The molecule has 0 atom stereocenters. The van der Waals surface area contributed by atoms with Gasteiger partial charge in [-0.1, -0.05) is 12.1 Å². The van der Waals surface area contributed by atoms with Gasteiger partial charge in [-0.25, -0.2) is 0 Å². The van der Waals surface area contributed by atoms with E-state index in [0.717, 1.165) is 0 Å². The molecule has 0 aliphatic carbocycles. The average molecular weight is 215 g/mol. The summed E-state index contributed by atoms with van der Waals surface area (Å²) in [5.41, 5.74) is 0.562. The predicted octanol–water partition coefficient (Wildman–Crippen LogP) is 2.62.